The molecule has 0 saturated heterocycles. The minimum atomic E-state index is -0.324. The highest BCUT2D eigenvalue weighted by Gasteiger charge is 2.33. The number of esters is 1. The molecule has 0 spiro atoms. The Morgan fingerprint density at radius 3 is 2.36 bits per heavy atom. The molecule has 0 aromatic rings. The summed E-state index contributed by atoms with van der Waals surface area (Å²) in [5.74, 6) is -0.256. The van der Waals surface area contributed by atoms with Crippen LogP contribution in [0.5, 0.6) is 0 Å². The number of carbonyl (C=O) groups excluding carboxylic acids is 1. The highest BCUT2D eigenvalue weighted by molar-refractivity contribution is 9.12. The number of unbranched alkanes of at least 4 members (excludes halogenated alkanes) is 8. The fraction of sp³-hybridized carbons (Fsp3) is 0.647. The van der Waals surface area contributed by atoms with Gasteiger partial charge >= 0.3 is 5.97 Å². The lowest BCUT2D eigenvalue weighted by atomic mass is 10.1. The van der Waals surface area contributed by atoms with E-state index in [4.69, 9.17) is 11.6 Å². The lowest BCUT2D eigenvalue weighted by molar-refractivity contribution is -0.139. The molecule has 1 heterocycles. The van der Waals surface area contributed by atoms with Gasteiger partial charge in [0.1, 0.15) is 0 Å². The molecule has 1 unspecified atom stereocenters. The van der Waals surface area contributed by atoms with Crippen molar-refractivity contribution in [3.8, 4) is 0 Å². The Balaban J connectivity index is 1.84. The largest absolute Gasteiger partial charge is 0.467 e. The van der Waals surface area contributed by atoms with Gasteiger partial charge < -0.3 is 4.74 Å². The van der Waals surface area contributed by atoms with Crippen molar-refractivity contribution < 1.29 is 9.53 Å². The number of carbonyl (C=O) groups is 1. The molecule has 5 heteroatoms. The molecular weight excluding hydrogens is 366 g/mol. The van der Waals surface area contributed by atoms with Gasteiger partial charge in [0, 0.05) is 0 Å². The SMILES string of the molecule is COC(=O)C1N=C1/C=C/CCCCCCCCC/C=C(/Cl)Br. The van der Waals surface area contributed by atoms with Gasteiger partial charge in [0.25, 0.3) is 0 Å². The molecule has 0 amide bonds. The fourth-order valence-electron chi connectivity index (χ4n) is 2.24. The number of hydrogen-bond acceptors (Lipinski definition) is 3. The van der Waals surface area contributed by atoms with E-state index in [2.05, 4.69) is 31.7 Å². The normalized spacial score (nSPS) is 17.7. The third-order valence-corrected chi connectivity index (χ3v) is 4.06. The summed E-state index contributed by atoms with van der Waals surface area (Å²) in [6, 6.07) is -0.324. The average molecular weight is 391 g/mol. The van der Waals surface area contributed by atoms with Gasteiger partial charge in [-0.25, -0.2) is 4.79 Å². The van der Waals surface area contributed by atoms with Crippen molar-refractivity contribution in [1.29, 1.82) is 0 Å². The fourth-order valence-corrected chi connectivity index (χ4v) is 2.57. The minimum absolute atomic E-state index is 0.256. The smallest absolute Gasteiger partial charge is 0.336 e. The second-order valence-electron chi connectivity index (χ2n) is 5.43. The van der Waals surface area contributed by atoms with E-state index in [9.17, 15) is 4.79 Å². The molecule has 1 atom stereocenters. The summed E-state index contributed by atoms with van der Waals surface area (Å²) in [7, 11) is 1.39. The van der Waals surface area contributed by atoms with Gasteiger partial charge in [-0.15, -0.1) is 0 Å². The first-order chi connectivity index (χ1) is 10.6. The Hall–Kier alpha value is -0.610. The molecule has 1 aliphatic rings. The van der Waals surface area contributed by atoms with E-state index in [0.717, 1.165) is 22.5 Å². The zero-order valence-electron chi connectivity index (χ0n) is 13.2. The summed E-state index contributed by atoms with van der Waals surface area (Å²) >= 11 is 8.91. The number of allylic oxidation sites excluding steroid dienone is 2. The lowest BCUT2D eigenvalue weighted by Gasteiger charge is -2.00. The Morgan fingerprint density at radius 1 is 1.18 bits per heavy atom. The number of methoxy groups -OCH3 is 1. The highest BCUT2D eigenvalue weighted by Crippen LogP contribution is 2.16. The summed E-state index contributed by atoms with van der Waals surface area (Å²) in [5.41, 5.74) is 0.851. The van der Waals surface area contributed by atoms with E-state index in [1.54, 1.807) is 0 Å². The Kier molecular flexibility index (Phi) is 10.5. The van der Waals surface area contributed by atoms with Gasteiger partial charge in [0.2, 0.25) is 0 Å². The van der Waals surface area contributed by atoms with Crippen LogP contribution in [0.4, 0.5) is 0 Å². The van der Waals surface area contributed by atoms with Crippen LogP contribution < -0.4 is 0 Å². The van der Waals surface area contributed by atoms with Crippen LogP contribution >= 0.6 is 27.5 Å². The molecule has 0 N–H and O–H groups in total. The van der Waals surface area contributed by atoms with Crippen molar-refractivity contribution in [3.63, 3.8) is 0 Å². The lowest BCUT2D eigenvalue weighted by Crippen LogP contribution is -2.12. The molecule has 124 valence electrons. The van der Waals surface area contributed by atoms with E-state index >= 15 is 0 Å². The molecule has 0 bridgehead atoms. The predicted molar refractivity (Wildman–Crippen MR) is 96.8 cm³/mol. The topological polar surface area (TPSA) is 38.7 Å². The van der Waals surface area contributed by atoms with Gasteiger partial charge in [0.05, 0.1) is 16.8 Å². The number of halogens is 2. The number of nitrogens with zero attached hydrogens (tertiary/aromatic N) is 1. The summed E-state index contributed by atoms with van der Waals surface area (Å²) in [6.45, 7) is 0. The molecule has 1 aliphatic heterocycles. The maximum absolute atomic E-state index is 11.1. The Labute approximate surface area is 147 Å². The zero-order valence-corrected chi connectivity index (χ0v) is 15.5. The summed E-state index contributed by atoms with van der Waals surface area (Å²) < 4.78 is 5.34. The van der Waals surface area contributed by atoms with E-state index in [1.165, 1.54) is 52.1 Å². The second kappa shape index (κ2) is 11.9. The number of hydrogen-bond donors (Lipinski definition) is 0. The van der Waals surface area contributed by atoms with Gasteiger partial charge in [-0.1, -0.05) is 55.9 Å². The van der Waals surface area contributed by atoms with Crippen LogP contribution in [0.1, 0.15) is 57.8 Å². The van der Waals surface area contributed by atoms with Gasteiger partial charge in [0.15, 0.2) is 6.04 Å². The highest BCUT2D eigenvalue weighted by atomic mass is 79.9. The number of rotatable bonds is 12. The molecule has 0 aliphatic carbocycles. The molecule has 0 aromatic heterocycles. The molecule has 0 aromatic carbocycles. The minimum Gasteiger partial charge on any atom is -0.467 e. The molecule has 0 radical (unpaired) electrons. The van der Waals surface area contributed by atoms with Crippen molar-refractivity contribution in [2.24, 2.45) is 4.99 Å². The number of aliphatic imine (C=N–C) groups is 1. The first-order valence-electron chi connectivity index (χ1n) is 7.98. The molecule has 3 nitrogen and oxygen atoms in total. The number of ether oxygens (including phenoxy) is 1. The molecule has 22 heavy (non-hydrogen) atoms. The van der Waals surface area contributed by atoms with Crippen LogP contribution in [0.15, 0.2) is 27.2 Å². The average Bonchev–Trinajstić information content (AvgIpc) is 3.26. The Bertz CT molecular complexity index is 428. The molecule has 0 fully saturated rings. The third-order valence-electron chi connectivity index (χ3n) is 3.58. The molecule has 1 rings (SSSR count). The van der Waals surface area contributed by atoms with Crippen LogP contribution in [0.25, 0.3) is 0 Å². The van der Waals surface area contributed by atoms with Crippen LogP contribution in [0.2, 0.25) is 0 Å². The monoisotopic (exact) mass is 389 g/mol. The van der Waals surface area contributed by atoms with E-state index in [0.29, 0.717) is 0 Å². The van der Waals surface area contributed by atoms with Crippen LogP contribution in [-0.2, 0) is 9.53 Å². The first-order valence-corrected chi connectivity index (χ1v) is 9.15. The van der Waals surface area contributed by atoms with Gasteiger partial charge in [-0.05, 0) is 47.7 Å². The van der Waals surface area contributed by atoms with Gasteiger partial charge in [-0.3, -0.25) is 4.99 Å². The van der Waals surface area contributed by atoms with Crippen molar-refractivity contribution >= 4 is 39.2 Å². The van der Waals surface area contributed by atoms with Gasteiger partial charge in [-0.2, -0.15) is 0 Å². The van der Waals surface area contributed by atoms with Crippen molar-refractivity contribution in [3.05, 3.63) is 22.2 Å². The summed E-state index contributed by atoms with van der Waals surface area (Å²) in [5, 5.41) is 0. The van der Waals surface area contributed by atoms with Crippen molar-refractivity contribution in [1.82, 2.24) is 0 Å². The van der Waals surface area contributed by atoms with Crippen molar-refractivity contribution in [2.75, 3.05) is 7.11 Å². The second-order valence-corrected chi connectivity index (χ2v) is 7.15. The first kappa shape index (κ1) is 19.4. The van der Waals surface area contributed by atoms with Crippen LogP contribution in [0.3, 0.4) is 0 Å². The maximum atomic E-state index is 11.1. The predicted octanol–water partition coefficient (Wildman–Crippen LogP) is 5.52. The third kappa shape index (κ3) is 9.42. The molecular formula is C17H25BrClNO2. The molecule has 0 saturated carbocycles. The summed E-state index contributed by atoms with van der Waals surface area (Å²) in [6.07, 6.45) is 17.1. The van der Waals surface area contributed by atoms with E-state index < -0.39 is 0 Å². The maximum Gasteiger partial charge on any atom is 0.336 e. The van der Waals surface area contributed by atoms with Crippen molar-refractivity contribution in [2.45, 2.75) is 63.8 Å². The van der Waals surface area contributed by atoms with E-state index in [-0.39, 0.29) is 12.0 Å². The summed E-state index contributed by atoms with van der Waals surface area (Å²) in [4.78, 5) is 15.2. The van der Waals surface area contributed by atoms with E-state index in [1.807, 2.05) is 12.2 Å². The van der Waals surface area contributed by atoms with Crippen LogP contribution in [0, 0.1) is 0 Å². The standard InChI is InChI=1S/C17H25BrClNO2/c1-22-17(21)16-14(20-16)12-10-8-6-4-2-3-5-7-9-11-13-15(18)19/h10,12-13,16H,2-9,11H2,1H3/b12-10+,15-13+. The van der Waals surface area contributed by atoms with Crippen LogP contribution in [-0.4, -0.2) is 24.8 Å². The Morgan fingerprint density at radius 2 is 1.77 bits per heavy atom. The quantitative estimate of drug-likeness (QED) is 0.325. The zero-order chi connectivity index (χ0) is 16.2.